The molecular weight excluding hydrogens is 206 g/mol. The number of nitrogens with zero attached hydrogens (tertiary/aromatic N) is 3. The largest absolute Gasteiger partial charge is 0.487 e. The van der Waals surface area contributed by atoms with Gasteiger partial charge in [0.2, 0.25) is 0 Å². The van der Waals surface area contributed by atoms with E-state index in [1.165, 1.54) is 19.2 Å². The molecule has 0 fully saturated rings. The summed E-state index contributed by atoms with van der Waals surface area (Å²) in [5.74, 6) is -0.159. The van der Waals surface area contributed by atoms with Crippen LogP contribution in [0.1, 0.15) is 0 Å². The van der Waals surface area contributed by atoms with E-state index < -0.39 is 4.92 Å². The van der Waals surface area contributed by atoms with Crippen molar-refractivity contribution in [1.82, 2.24) is 5.16 Å². The van der Waals surface area contributed by atoms with Crippen LogP contribution in [0.15, 0.2) is 16.8 Å². The highest BCUT2D eigenvalue weighted by Gasteiger charge is 2.25. The minimum Gasteiger partial charge on any atom is -0.487 e. The third-order valence-electron chi connectivity index (χ3n) is 1.89. The van der Waals surface area contributed by atoms with Crippen LogP contribution >= 0.6 is 0 Å². The molecule has 2 rings (SSSR count). The van der Waals surface area contributed by atoms with E-state index in [4.69, 9.17) is 4.74 Å². The summed E-state index contributed by atoms with van der Waals surface area (Å²) in [4.78, 5) is 10.0. The summed E-state index contributed by atoms with van der Waals surface area (Å²) in [6.45, 7) is 0. The number of rotatable bonds is 2. The lowest BCUT2D eigenvalue weighted by Crippen LogP contribution is -2.23. The van der Waals surface area contributed by atoms with Crippen LogP contribution in [0.4, 0.5) is 5.69 Å². The van der Waals surface area contributed by atoms with Gasteiger partial charge in [-0.1, -0.05) is 0 Å². The second kappa shape index (κ2) is 3.08. The van der Waals surface area contributed by atoms with Crippen LogP contribution < -0.4 is 9.64 Å². The summed E-state index contributed by atoms with van der Waals surface area (Å²) in [6.07, 6.45) is 0. The maximum atomic E-state index is 11.1. The average Bonchev–Trinajstić information content (AvgIpc) is 2.59. The molecule has 0 aliphatic carbocycles. The van der Waals surface area contributed by atoms with E-state index >= 15 is 0 Å². The number of benzene rings is 1. The van der Waals surface area contributed by atoms with Gasteiger partial charge in [0.25, 0.3) is 16.8 Å². The molecule has 15 heavy (non-hydrogen) atoms. The highest BCUT2D eigenvalue weighted by Crippen LogP contribution is 2.32. The van der Waals surface area contributed by atoms with Crippen LogP contribution in [-0.4, -0.2) is 17.2 Å². The summed E-state index contributed by atoms with van der Waals surface area (Å²) in [6, 6.07) is 2.51. The van der Waals surface area contributed by atoms with E-state index in [0.29, 0.717) is 0 Å². The van der Waals surface area contributed by atoms with Gasteiger partial charge in [-0.2, -0.15) is 0 Å². The van der Waals surface area contributed by atoms with E-state index in [-0.39, 0.29) is 27.4 Å². The van der Waals surface area contributed by atoms with Gasteiger partial charge < -0.3 is 9.94 Å². The first-order valence-corrected chi connectivity index (χ1v) is 3.86. The van der Waals surface area contributed by atoms with Gasteiger partial charge in [0.1, 0.15) is 0 Å². The first kappa shape index (κ1) is 9.19. The highest BCUT2D eigenvalue weighted by atomic mass is 16.8. The van der Waals surface area contributed by atoms with Crippen molar-refractivity contribution in [2.75, 3.05) is 7.11 Å². The van der Waals surface area contributed by atoms with Crippen molar-refractivity contribution in [1.29, 1.82) is 0 Å². The molecule has 0 radical (unpaired) electrons. The fourth-order valence-corrected chi connectivity index (χ4v) is 1.27. The van der Waals surface area contributed by atoms with Crippen molar-refractivity contribution < 1.29 is 19.2 Å². The second-order valence-electron chi connectivity index (χ2n) is 2.67. The van der Waals surface area contributed by atoms with Gasteiger partial charge >= 0.3 is 5.69 Å². The first-order valence-electron chi connectivity index (χ1n) is 3.86. The van der Waals surface area contributed by atoms with Crippen LogP contribution in [0.5, 0.6) is 5.75 Å². The van der Waals surface area contributed by atoms with Gasteiger partial charge in [-0.05, 0) is 4.90 Å². The SMILES string of the molecule is COc1c([N+](=O)[O-])ccc2no[n+]([O-])c12. The third-order valence-corrected chi connectivity index (χ3v) is 1.89. The van der Waals surface area contributed by atoms with E-state index in [0.717, 1.165) is 0 Å². The van der Waals surface area contributed by atoms with Crippen LogP contribution in [0.3, 0.4) is 0 Å². The van der Waals surface area contributed by atoms with E-state index in [9.17, 15) is 15.3 Å². The number of fused-ring (bicyclic) bond motifs is 1. The Kier molecular flexibility index (Phi) is 1.89. The molecule has 78 valence electrons. The maximum absolute atomic E-state index is 11.1. The fraction of sp³-hybridized carbons (Fsp3) is 0.143. The molecule has 1 heterocycles. The number of hydrogen-bond donors (Lipinski definition) is 0. The van der Waals surface area contributed by atoms with Gasteiger partial charge in [0, 0.05) is 17.3 Å². The van der Waals surface area contributed by atoms with Gasteiger partial charge in [-0.15, -0.1) is 0 Å². The molecular formula is C7H5N3O5. The standard InChI is InChI=1S/C7H5N3O5/c1-14-7-5(9(11)12)3-2-4-6(7)10(13)15-8-4/h2-3H,1H3. The molecule has 0 aliphatic heterocycles. The van der Waals surface area contributed by atoms with Crippen molar-refractivity contribution in [3.05, 3.63) is 27.5 Å². The molecule has 0 unspecified atom stereocenters. The molecule has 8 nitrogen and oxygen atoms in total. The van der Waals surface area contributed by atoms with Gasteiger partial charge in [0.05, 0.1) is 12.0 Å². The predicted octanol–water partition coefficient (Wildman–Crippen LogP) is 0.378. The summed E-state index contributed by atoms with van der Waals surface area (Å²) >= 11 is 0. The van der Waals surface area contributed by atoms with E-state index in [1.807, 2.05) is 0 Å². The summed E-state index contributed by atoms with van der Waals surface area (Å²) < 4.78 is 9.10. The van der Waals surface area contributed by atoms with Crippen molar-refractivity contribution in [3.8, 4) is 5.75 Å². The number of nitro benzene ring substituents is 1. The first-order chi connectivity index (χ1) is 7.15. The zero-order valence-electron chi connectivity index (χ0n) is 7.54. The van der Waals surface area contributed by atoms with Crippen molar-refractivity contribution in [2.45, 2.75) is 0 Å². The summed E-state index contributed by atoms with van der Waals surface area (Å²) in [5.41, 5.74) is -0.197. The molecule has 0 amide bonds. The molecule has 1 aromatic heterocycles. The highest BCUT2D eigenvalue weighted by molar-refractivity contribution is 5.82. The van der Waals surface area contributed by atoms with Crippen LogP contribution in [0, 0.1) is 15.3 Å². The molecule has 0 spiro atoms. The molecule has 0 N–H and O–H groups in total. The van der Waals surface area contributed by atoms with Crippen molar-refractivity contribution in [3.63, 3.8) is 0 Å². The lowest BCUT2D eigenvalue weighted by molar-refractivity contribution is -0.782. The lowest BCUT2D eigenvalue weighted by atomic mass is 10.2. The fourth-order valence-electron chi connectivity index (χ4n) is 1.27. The smallest absolute Gasteiger partial charge is 0.315 e. The third kappa shape index (κ3) is 1.23. The number of hydrogen-bond acceptors (Lipinski definition) is 6. The van der Waals surface area contributed by atoms with E-state index in [1.54, 1.807) is 0 Å². The molecule has 0 saturated carbocycles. The predicted molar refractivity (Wildman–Crippen MR) is 46.2 cm³/mol. The Labute approximate surface area is 82.3 Å². The summed E-state index contributed by atoms with van der Waals surface area (Å²) in [7, 11) is 1.23. The molecule has 2 aromatic rings. The Morgan fingerprint density at radius 1 is 1.60 bits per heavy atom. The number of nitro groups is 1. The van der Waals surface area contributed by atoms with Crippen LogP contribution in [0.25, 0.3) is 11.0 Å². The Hall–Kier alpha value is -2.38. The minimum absolute atomic E-state index is 0.0706. The molecule has 0 bridgehead atoms. The topological polar surface area (TPSA) is 105 Å². The maximum Gasteiger partial charge on any atom is 0.315 e. The second-order valence-corrected chi connectivity index (χ2v) is 2.67. The summed E-state index contributed by atoms with van der Waals surface area (Å²) in [5, 5.41) is 25.1. The number of methoxy groups -OCH3 is 1. The lowest BCUT2D eigenvalue weighted by Gasteiger charge is -1.99. The van der Waals surface area contributed by atoms with Crippen LogP contribution in [0.2, 0.25) is 0 Å². The van der Waals surface area contributed by atoms with Crippen molar-refractivity contribution >= 4 is 16.7 Å². The Morgan fingerprint density at radius 2 is 2.33 bits per heavy atom. The Balaban J connectivity index is 2.85. The quantitative estimate of drug-likeness (QED) is 0.403. The average molecular weight is 211 g/mol. The Morgan fingerprint density at radius 3 is 2.93 bits per heavy atom. The van der Waals surface area contributed by atoms with Gasteiger partial charge in [-0.3, -0.25) is 14.7 Å². The molecule has 8 heteroatoms. The van der Waals surface area contributed by atoms with Crippen molar-refractivity contribution in [2.24, 2.45) is 0 Å². The molecule has 1 aromatic carbocycles. The number of aromatic nitrogens is 2. The molecule has 0 saturated heterocycles. The van der Waals surface area contributed by atoms with Crippen LogP contribution in [-0.2, 0) is 0 Å². The number of ether oxygens (including phenoxy) is 1. The van der Waals surface area contributed by atoms with Gasteiger partial charge in [0.15, 0.2) is 0 Å². The Bertz CT molecular complexity index is 535. The van der Waals surface area contributed by atoms with E-state index in [2.05, 4.69) is 9.79 Å². The minimum atomic E-state index is -0.648. The zero-order valence-corrected chi connectivity index (χ0v) is 7.54. The normalized spacial score (nSPS) is 10.5. The molecule has 0 atom stereocenters. The zero-order chi connectivity index (χ0) is 11.0. The van der Waals surface area contributed by atoms with Gasteiger partial charge in [-0.25, -0.2) is 0 Å². The molecule has 0 aliphatic rings. The monoisotopic (exact) mass is 211 g/mol.